The highest BCUT2D eigenvalue weighted by atomic mass is 35.5. The molecule has 3 rings (SSSR count). The first-order chi connectivity index (χ1) is 9.74. The lowest BCUT2D eigenvalue weighted by Crippen LogP contribution is -2.37. The van der Waals surface area contributed by atoms with Gasteiger partial charge in [-0.05, 0) is 49.4 Å². The third-order valence-electron chi connectivity index (χ3n) is 4.32. The van der Waals surface area contributed by atoms with Crippen molar-refractivity contribution in [1.82, 2.24) is 5.32 Å². The van der Waals surface area contributed by atoms with Gasteiger partial charge in [-0.3, -0.25) is 0 Å². The van der Waals surface area contributed by atoms with Gasteiger partial charge in [-0.15, -0.1) is 0 Å². The molecule has 4 heteroatoms. The highest BCUT2D eigenvalue weighted by molar-refractivity contribution is 6.30. The van der Waals surface area contributed by atoms with Crippen LogP contribution in [0.1, 0.15) is 31.2 Å². The summed E-state index contributed by atoms with van der Waals surface area (Å²) in [6, 6.07) is 7.54. The molecule has 0 bridgehead atoms. The van der Waals surface area contributed by atoms with Crippen molar-refractivity contribution in [3.05, 3.63) is 28.8 Å². The summed E-state index contributed by atoms with van der Waals surface area (Å²) >= 11 is 6.17. The predicted octanol–water partition coefficient (Wildman–Crippen LogP) is 3.21. The molecule has 1 aromatic carbocycles. The fourth-order valence-electron chi connectivity index (χ4n) is 2.85. The zero-order valence-electron chi connectivity index (χ0n) is 12.1. The Bertz CT molecular complexity index is 456. The summed E-state index contributed by atoms with van der Waals surface area (Å²) in [4.78, 5) is 2.41. The number of nitrogens with one attached hydrogen (secondary N) is 1. The lowest BCUT2D eigenvalue weighted by Gasteiger charge is -2.34. The number of rotatable bonds is 5. The van der Waals surface area contributed by atoms with Crippen molar-refractivity contribution in [2.75, 3.05) is 25.2 Å². The number of anilines is 1. The van der Waals surface area contributed by atoms with E-state index in [2.05, 4.69) is 29.4 Å². The van der Waals surface area contributed by atoms with Gasteiger partial charge in [0.2, 0.25) is 0 Å². The minimum Gasteiger partial charge on any atom is -0.381 e. The molecule has 1 saturated carbocycles. The van der Waals surface area contributed by atoms with E-state index in [0.717, 1.165) is 43.7 Å². The molecule has 0 aromatic heterocycles. The van der Waals surface area contributed by atoms with Crippen molar-refractivity contribution in [2.24, 2.45) is 0 Å². The third kappa shape index (κ3) is 3.46. The molecule has 3 nitrogen and oxygen atoms in total. The van der Waals surface area contributed by atoms with Crippen molar-refractivity contribution in [2.45, 2.75) is 44.3 Å². The van der Waals surface area contributed by atoms with Gasteiger partial charge in [-0.25, -0.2) is 0 Å². The van der Waals surface area contributed by atoms with Gasteiger partial charge in [0.25, 0.3) is 0 Å². The number of ether oxygens (including phenoxy) is 1. The molecule has 1 aromatic rings. The molecule has 1 N–H and O–H groups in total. The van der Waals surface area contributed by atoms with Gasteiger partial charge in [0.05, 0.1) is 0 Å². The first kappa shape index (κ1) is 14.2. The van der Waals surface area contributed by atoms with Crippen LogP contribution in [0.4, 0.5) is 5.69 Å². The number of halogens is 1. The van der Waals surface area contributed by atoms with E-state index in [0.29, 0.717) is 6.04 Å². The largest absolute Gasteiger partial charge is 0.381 e. The van der Waals surface area contributed by atoms with E-state index in [-0.39, 0.29) is 0 Å². The van der Waals surface area contributed by atoms with Gasteiger partial charge >= 0.3 is 0 Å². The van der Waals surface area contributed by atoms with Crippen molar-refractivity contribution in [1.29, 1.82) is 0 Å². The predicted molar refractivity (Wildman–Crippen MR) is 83.6 cm³/mol. The minimum absolute atomic E-state index is 0.574. The summed E-state index contributed by atoms with van der Waals surface area (Å²) in [5.74, 6) is 0. The lowest BCUT2D eigenvalue weighted by molar-refractivity contribution is 0.0854. The van der Waals surface area contributed by atoms with Crippen molar-refractivity contribution >= 4 is 17.3 Å². The SMILES string of the molecule is CN(c1ccc(Cl)cc1CNC1CC1)C1CCOCC1. The van der Waals surface area contributed by atoms with Gasteiger partial charge in [0, 0.05) is 49.6 Å². The Morgan fingerprint density at radius 3 is 2.70 bits per heavy atom. The standard InChI is InChI=1S/C16H23ClN2O/c1-19(15-6-8-20-9-7-15)16-5-2-13(17)10-12(16)11-18-14-3-4-14/h2,5,10,14-15,18H,3-4,6-9,11H2,1H3. The Kier molecular flexibility index (Phi) is 4.49. The summed E-state index contributed by atoms with van der Waals surface area (Å²) in [5.41, 5.74) is 2.60. The van der Waals surface area contributed by atoms with E-state index in [4.69, 9.17) is 16.3 Å². The number of hydrogen-bond donors (Lipinski definition) is 1. The second-order valence-electron chi connectivity index (χ2n) is 5.88. The summed E-state index contributed by atoms with van der Waals surface area (Å²) in [7, 11) is 2.19. The van der Waals surface area contributed by atoms with Gasteiger partial charge in [-0.1, -0.05) is 11.6 Å². The van der Waals surface area contributed by atoms with E-state index in [1.807, 2.05) is 6.07 Å². The van der Waals surface area contributed by atoms with Crippen molar-refractivity contribution in [3.63, 3.8) is 0 Å². The zero-order valence-corrected chi connectivity index (χ0v) is 12.8. The summed E-state index contributed by atoms with van der Waals surface area (Å²) in [6.45, 7) is 2.66. The van der Waals surface area contributed by atoms with Crippen LogP contribution in [0.5, 0.6) is 0 Å². The second-order valence-corrected chi connectivity index (χ2v) is 6.32. The van der Waals surface area contributed by atoms with Crippen LogP contribution in [0.25, 0.3) is 0 Å². The molecule has 0 unspecified atom stereocenters. The molecule has 0 amide bonds. The molecule has 20 heavy (non-hydrogen) atoms. The Hall–Kier alpha value is -0.770. The molecule has 0 spiro atoms. The molecular weight excluding hydrogens is 272 g/mol. The maximum Gasteiger partial charge on any atom is 0.0485 e. The first-order valence-electron chi connectivity index (χ1n) is 7.56. The quantitative estimate of drug-likeness (QED) is 0.902. The first-order valence-corrected chi connectivity index (χ1v) is 7.94. The smallest absolute Gasteiger partial charge is 0.0485 e. The molecule has 1 heterocycles. The van der Waals surface area contributed by atoms with Crippen LogP contribution in [0, 0.1) is 0 Å². The Morgan fingerprint density at radius 2 is 2.00 bits per heavy atom. The average molecular weight is 295 g/mol. The number of benzene rings is 1. The second kappa shape index (κ2) is 6.33. The fourth-order valence-corrected chi connectivity index (χ4v) is 3.05. The molecule has 1 aliphatic carbocycles. The normalized spacial score (nSPS) is 20.1. The van der Waals surface area contributed by atoms with Gasteiger partial charge in [0.15, 0.2) is 0 Å². The minimum atomic E-state index is 0.574. The number of nitrogens with zero attached hydrogens (tertiary/aromatic N) is 1. The fraction of sp³-hybridized carbons (Fsp3) is 0.625. The van der Waals surface area contributed by atoms with E-state index in [1.54, 1.807) is 0 Å². The van der Waals surface area contributed by atoms with E-state index >= 15 is 0 Å². The molecule has 1 saturated heterocycles. The monoisotopic (exact) mass is 294 g/mol. The number of hydrogen-bond acceptors (Lipinski definition) is 3. The topological polar surface area (TPSA) is 24.5 Å². The van der Waals surface area contributed by atoms with E-state index in [9.17, 15) is 0 Å². The van der Waals surface area contributed by atoms with Crippen molar-refractivity contribution in [3.8, 4) is 0 Å². The molecule has 2 fully saturated rings. The van der Waals surface area contributed by atoms with Crippen molar-refractivity contribution < 1.29 is 4.74 Å². The molecule has 0 radical (unpaired) electrons. The van der Waals surface area contributed by atoms with Crippen LogP contribution < -0.4 is 10.2 Å². The Labute approximate surface area is 126 Å². The molecule has 2 aliphatic rings. The summed E-state index contributed by atoms with van der Waals surface area (Å²) in [6.07, 6.45) is 4.83. The van der Waals surface area contributed by atoms with Gasteiger partial charge < -0.3 is 15.0 Å². The van der Waals surface area contributed by atoms with E-state index in [1.165, 1.54) is 24.1 Å². The van der Waals surface area contributed by atoms with Crippen LogP contribution in [0.3, 0.4) is 0 Å². The molecule has 1 aliphatic heterocycles. The Morgan fingerprint density at radius 1 is 1.25 bits per heavy atom. The van der Waals surface area contributed by atoms with Crippen LogP contribution in [0.2, 0.25) is 5.02 Å². The molecule has 0 atom stereocenters. The van der Waals surface area contributed by atoms with Gasteiger partial charge in [0.1, 0.15) is 0 Å². The molecule has 110 valence electrons. The Balaban J connectivity index is 1.75. The van der Waals surface area contributed by atoms with Crippen LogP contribution in [-0.2, 0) is 11.3 Å². The highest BCUT2D eigenvalue weighted by Crippen LogP contribution is 2.28. The average Bonchev–Trinajstić information content (AvgIpc) is 3.30. The van der Waals surface area contributed by atoms with E-state index < -0.39 is 0 Å². The summed E-state index contributed by atoms with van der Waals surface area (Å²) in [5, 5.41) is 4.41. The van der Waals surface area contributed by atoms with Crippen LogP contribution in [-0.4, -0.2) is 32.3 Å². The highest BCUT2D eigenvalue weighted by Gasteiger charge is 2.23. The van der Waals surface area contributed by atoms with Crippen LogP contribution >= 0.6 is 11.6 Å². The molecular formula is C16H23ClN2O. The maximum atomic E-state index is 6.17. The zero-order chi connectivity index (χ0) is 13.9. The van der Waals surface area contributed by atoms with Crippen LogP contribution in [0.15, 0.2) is 18.2 Å². The lowest BCUT2D eigenvalue weighted by atomic mass is 10.0. The summed E-state index contributed by atoms with van der Waals surface area (Å²) < 4.78 is 5.46. The van der Waals surface area contributed by atoms with Gasteiger partial charge in [-0.2, -0.15) is 0 Å². The maximum absolute atomic E-state index is 6.17. The third-order valence-corrected chi connectivity index (χ3v) is 4.55.